The van der Waals surface area contributed by atoms with Crippen LogP contribution >= 0.6 is 23.5 Å². The molecule has 2 N–H and O–H groups in total. The van der Waals surface area contributed by atoms with E-state index in [1.807, 2.05) is 66.0 Å². The Kier molecular flexibility index (Phi) is 4.81. The smallest absolute Gasteiger partial charge is 0.255 e. The molecule has 1 aliphatic heterocycles. The van der Waals surface area contributed by atoms with Crippen LogP contribution < -0.4 is 5.32 Å². The Balaban J connectivity index is 1.47. The van der Waals surface area contributed by atoms with Crippen LogP contribution in [-0.2, 0) is 0 Å². The summed E-state index contributed by atoms with van der Waals surface area (Å²) in [5.41, 5.74) is 4.63. The summed E-state index contributed by atoms with van der Waals surface area (Å²) in [6, 6.07) is 17.6. The van der Waals surface area contributed by atoms with Crippen molar-refractivity contribution in [1.29, 1.82) is 0 Å². The predicted molar refractivity (Wildman–Crippen MR) is 106 cm³/mol. The molecule has 1 amide bonds. The first-order chi connectivity index (χ1) is 12.3. The van der Waals surface area contributed by atoms with Gasteiger partial charge in [-0.2, -0.15) is 5.10 Å². The maximum Gasteiger partial charge on any atom is 0.255 e. The summed E-state index contributed by atoms with van der Waals surface area (Å²) in [6.45, 7) is 0. The zero-order valence-electron chi connectivity index (χ0n) is 13.4. The van der Waals surface area contributed by atoms with E-state index in [0.29, 0.717) is 10.1 Å². The quantitative estimate of drug-likeness (QED) is 0.695. The average Bonchev–Trinajstić information content (AvgIpc) is 3.36. The molecule has 0 spiro atoms. The molecule has 0 atom stereocenters. The molecule has 4 nitrogen and oxygen atoms in total. The summed E-state index contributed by atoms with van der Waals surface area (Å²) in [5.74, 6) is 2.30. The second kappa shape index (κ2) is 7.37. The normalized spacial score (nSPS) is 14.6. The molecule has 0 saturated carbocycles. The molecule has 1 aliphatic rings. The van der Waals surface area contributed by atoms with Crippen LogP contribution in [0.4, 0.5) is 5.69 Å². The minimum absolute atomic E-state index is 0.0972. The number of carbonyl (C=O) groups is 1. The van der Waals surface area contributed by atoms with Crippen LogP contribution in [0.3, 0.4) is 0 Å². The van der Waals surface area contributed by atoms with E-state index in [9.17, 15) is 4.79 Å². The number of hydrogen-bond donors (Lipinski definition) is 2. The molecule has 0 bridgehead atoms. The zero-order valence-corrected chi connectivity index (χ0v) is 15.1. The lowest BCUT2D eigenvalue weighted by molar-refractivity contribution is 0.102. The Bertz CT molecular complexity index is 857. The highest BCUT2D eigenvalue weighted by molar-refractivity contribution is 8.19. The Morgan fingerprint density at radius 3 is 2.60 bits per heavy atom. The van der Waals surface area contributed by atoms with Gasteiger partial charge in [0.05, 0.1) is 10.3 Å². The SMILES string of the molecule is O=C(Nc1cccc(-c2ccn[nH]2)c1)c1ccc(C2SCCS2)cc1. The van der Waals surface area contributed by atoms with Crippen molar-refractivity contribution in [3.05, 3.63) is 71.9 Å². The molecule has 2 heterocycles. The standard InChI is InChI=1S/C19H17N3OS2/c23-18(13-4-6-14(7-5-13)19-24-10-11-25-19)21-16-3-1-2-15(12-16)17-8-9-20-22-17/h1-9,12,19H,10-11H2,(H,20,22)(H,21,23). The van der Waals surface area contributed by atoms with E-state index in [0.717, 1.165) is 16.9 Å². The van der Waals surface area contributed by atoms with E-state index in [1.165, 1.54) is 17.1 Å². The van der Waals surface area contributed by atoms with Gasteiger partial charge in [-0.25, -0.2) is 0 Å². The number of anilines is 1. The van der Waals surface area contributed by atoms with E-state index in [-0.39, 0.29) is 5.91 Å². The number of aromatic amines is 1. The number of benzene rings is 2. The number of amides is 1. The molecular formula is C19H17N3OS2. The topological polar surface area (TPSA) is 57.8 Å². The van der Waals surface area contributed by atoms with Gasteiger partial charge in [-0.1, -0.05) is 24.3 Å². The first-order valence-corrected chi connectivity index (χ1v) is 10.1. The van der Waals surface area contributed by atoms with Crippen LogP contribution in [0.25, 0.3) is 11.3 Å². The van der Waals surface area contributed by atoms with E-state index < -0.39 is 0 Å². The highest BCUT2D eigenvalue weighted by Crippen LogP contribution is 2.45. The maximum absolute atomic E-state index is 12.5. The number of carbonyl (C=O) groups excluding carboxylic acids is 1. The first kappa shape index (κ1) is 16.3. The monoisotopic (exact) mass is 367 g/mol. The lowest BCUT2D eigenvalue weighted by atomic mass is 10.1. The van der Waals surface area contributed by atoms with Gasteiger partial charge in [0.15, 0.2) is 0 Å². The van der Waals surface area contributed by atoms with Gasteiger partial charge in [0.1, 0.15) is 0 Å². The molecule has 6 heteroatoms. The minimum atomic E-state index is -0.0972. The minimum Gasteiger partial charge on any atom is -0.322 e. The van der Waals surface area contributed by atoms with Crippen molar-refractivity contribution >= 4 is 35.1 Å². The summed E-state index contributed by atoms with van der Waals surface area (Å²) in [7, 11) is 0. The number of rotatable bonds is 4. The fourth-order valence-electron chi connectivity index (χ4n) is 2.73. The van der Waals surface area contributed by atoms with Gasteiger partial charge in [0.25, 0.3) is 5.91 Å². The Morgan fingerprint density at radius 1 is 1.08 bits per heavy atom. The number of hydrogen-bond acceptors (Lipinski definition) is 4. The molecule has 0 aliphatic carbocycles. The summed E-state index contributed by atoms with van der Waals surface area (Å²) in [4.78, 5) is 12.5. The lowest BCUT2D eigenvalue weighted by Gasteiger charge is -2.10. The van der Waals surface area contributed by atoms with Crippen molar-refractivity contribution in [3.8, 4) is 11.3 Å². The van der Waals surface area contributed by atoms with Gasteiger partial charge >= 0.3 is 0 Å². The van der Waals surface area contributed by atoms with Gasteiger partial charge in [-0.3, -0.25) is 9.89 Å². The first-order valence-electron chi connectivity index (χ1n) is 8.04. The molecule has 1 fully saturated rings. The molecule has 25 heavy (non-hydrogen) atoms. The third-order valence-corrected chi connectivity index (χ3v) is 7.10. The van der Waals surface area contributed by atoms with Gasteiger partial charge in [0, 0.05) is 34.5 Å². The lowest BCUT2D eigenvalue weighted by Crippen LogP contribution is -2.11. The molecular weight excluding hydrogens is 350 g/mol. The van der Waals surface area contributed by atoms with E-state index in [4.69, 9.17) is 0 Å². The molecule has 126 valence electrons. The molecule has 3 aromatic rings. The van der Waals surface area contributed by atoms with E-state index in [2.05, 4.69) is 27.6 Å². The average molecular weight is 367 g/mol. The van der Waals surface area contributed by atoms with Crippen LogP contribution in [0, 0.1) is 0 Å². The van der Waals surface area contributed by atoms with Gasteiger partial charge in [-0.05, 0) is 35.9 Å². The molecule has 2 aromatic carbocycles. The Labute approximate surface area is 154 Å². The summed E-state index contributed by atoms with van der Waals surface area (Å²) < 4.78 is 0.503. The largest absolute Gasteiger partial charge is 0.322 e. The van der Waals surface area contributed by atoms with Crippen molar-refractivity contribution < 1.29 is 4.79 Å². The number of thioether (sulfide) groups is 2. The molecule has 0 radical (unpaired) electrons. The van der Waals surface area contributed by atoms with Gasteiger partial charge in [-0.15, -0.1) is 23.5 Å². The second-order valence-electron chi connectivity index (χ2n) is 5.70. The molecule has 0 unspecified atom stereocenters. The van der Waals surface area contributed by atoms with Gasteiger partial charge < -0.3 is 5.32 Å². The van der Waals surface area contributed by atoms with Crippen LogP contribution in [0.5, 0.6) is 0 Å². The Morgan fingerprint density at radius 2 is 1.88 bits per heavy atom. The zero-order chi connectivity index (χ0) is 17.1. The van der Waals surface area contributed by atoms with Crippen molar-refractivity contribution in [2.45, 2.75) is 4.58 Å². The van der Waals surface area contributed by atoms with E-state index in [1.54, 1.807) is 6.20 Å². The second-order valence-corrected chi connectivity index (χ2v) is 8.43. The number of nitrogens with zero attached hydrogens (tertiary/aromatic N) is 1. The van der Waals surface area contributed by atoms with Gasteiger partial charge in [0.2, 0.25) is 0 Å². The fraction of sp³-hybridized carbons (Fsp3) is 0.158. The van der Waals surface area contributed by atoms with Crippen LogP contribution in [0.2, 0.25) is 0 Å². The summed E-state index contributed by atoms with van der Waals surface area (Å²) in [6.07, 6.45) is 1.71. The number of aromatic nitrogens is 2. The van der Waals surface area contributed by atoms with Crippen LogP contribution in [0.15, 0.2) is 60.8 Å². The van der Waals surface area contributed by atoms with Crippen molar-refractivity contribution in [1.82, 2.24) is 10.2 Å². The number of nitrogens with one attached hydrogen (secondary N) is 2. The van der Waals surface area contributed by atoms with Crippen molar-refractivity contribution in [2.75, 3.05) is 16.8 Å². The number of H-pyrrole nitrogens is 1. The van der Waals surface area contributed by atoms with Crippen molar-refractivity contribution in [3.63, 3.8) is 0 Å². The highest BCUT2D eigenvalue weighted by atomic mass is 32.2. The van der Waals surface area contributed by atoms with Crippen LogP contribution in [0.1, 0.15) is 20.5 Å². The summed E-state index contributed by atoms with van der Waals surface area (Å²) >= 11 is 3.93. The highest BCUT2D eigenvalue weighted by Gasteiger charge is 2.18. The maximum atomic E-state index is 12.5. The fourth-order valence-corrected chi connectivity index (χ4v) is 5.59. The predicted octanol–water partition coefficient (Wildman–Crippen LogP) is 4.81. The molecule has 1 saturated heterocycles. The summed E-state index contributed by atoms with van der Waals surface area (Å²) in [5, 5.41) is 9.86. The van der Waals surface area contributed by atoms with E-state index >= 15 is 0 Å². The van der Waals surface area contributed by atoms with Crippen molar-refractivity contribution in [2.24, 2.45) is 0 Å². The molecule has 1 aromatic heterocycles. The Hall–Kier alpha value is -2.18. The van der Waals surface area contributed by atoms with Crippen LogP contribution in [-0.4, -0.2) is 27.6 Å². The third-order valence-electron chi connectivity index (χ3n) is 4.00. The molecule has 4 rings (SSSR count). The third kappa shape index (κ3) is 3.75.